The lowest BCUT2D eigenvalue weighted by Gasteiger charge is -2.55. The molecule has 1 aromatic carbocycles. The predicted molar refractivity (Wildman–Crippen MR) is 112 cm³/mol. The van der Waals surface area contributed by atoms with Crippen LogP contribution >= 0.6 is 0 Å². The number of fused-ring (bicyclic) bond motifs is 1. The van der Waals surface area contributed by atoms with Gasteiger partial charge in [-0.25, -0.2) is 0 Å². The number of carbonyl (C=O) groups excluding carboxylic acids is 1. The molecule has 4 nitrogen and oxygen atoms in total. The molecule has 0 aromatic heterocycles. The molecule has 4 saturated carbocycles. The van der Waals surface area contributed by atoms with E-state index in [-0.39, 0.29) is 11.0 Å². The summed E-state index contributed by atoms with van der Waals surface area (Å²) in [6, 6.07) is 6.09. The molecule has 152 valence electrons. The molecule has 4 bridgehead atoms. The zero-order valence-corrected chi connectivity index (χ0v) is 17.7. The summed E-state index contributed by atoms with van der Waals surface area (Å²) in [5, 5.41) is 13.1. The van der Waals surface area contributed by atoms with Gasteiger partial charge in [0.15, 0.2) is 5.78 Å². The topological polar surface area (TPSA) is 62.1 Å². The number of nitrogens with one attached hydrogen (secondary N) is 1. The molecular weight excluding hydrogens is 360 g/mol. The number of ether oxygens (including phenoxy) is 1. The van der Waals surface area contributed by atoms with E-state index in [4.69, 9.17) is 4.74 Å². The molecule has 1 heterocycles. The monoisotopic (exact) mass is 390 g/mol. The average molecular weight is 391 g/mol. The molecule has 0 spiro atoms. The van der Waals surface area contributed by atoms with Crippen molar-refractivity contribution < 1.29 is 9.53 Å². The summed E-state index contributed by atoms with van der Waals surface area (Å²) in [4.78, 5) is 13.7. The minimum atomic E-state index is -0.153. The molecule has 6 rings (SSSR count). The third-order valence-electron chi connectivity index (χ3n) is 7.78. The van der Waals surface area contributed by atoms with Crippen LogP contribution in [0.2, 0.25) is 0 Å². The third kappa shape index (κ3) is 3.06. The van der Waals surface area contributed by atoms with Crippen molar-refractivity contribution in [1.82, 2.24) is 5.32 Å². The van der Waals surface area contributed by atoms with Crippen molar-refractivity contribution in [2.45, 2.75) is 64.3 Å². The fourth-order valence-electron chi connectivity index (χ4n) is 7.04. The molecule has 0 atom stereocenters. The number of ketones is 1. The summed E-state index contributed by atoms with van der Waals surface area (Å²) in [5.74, 6) is 3.16. The van der Waals surface area contributed by atoms with E-state index in [1.807, 2.05) is 18.2 Å². The molecule has 0 unspecified atom stereocenters. The Morgan fingerprint density at radius 1 is 1.17 bits per heavy atom. The largest absolute Gasteiger partial charge is 0.495 e. The highest BCUT2D eigenvalue weighted by Crippen LogP contribution is 2.60. The van der Waals surface area contributed by atoms with E-state index in [0.717, 1.165) is 60.3 Å². The average Bonchev–Trinajstić information content (AvgIpc) is 2.65. The third-order valence-corrected chi connectivity index (χ3v) is 7.78. The Labute approximate surface area is 173 Å². The first-order valence-electron chi connectivity index (χ1n) is 11.0. The highest BCUT2D eigenvalue weighted by Gasteiger charge is 2.54. The van der Waals surface area contributed by atoms with Crippen molar-refractivity contribution in [3.63, 3.8) is 0 Å². The van der Waals surface area contributed by atoms with Crippen LogP contribution in [0.15, 0.2) is 18.2 Å². The molecule has 0 radical (unpaired) electrons. The van der Waals surface area contributed by atoms with Gasteiger partial charge >= 0.3 is 0 Å². The zero-order valence-electron chi connectivity index (χ0n) is 17.7. The smallest absolute Gasteiger partial charge is 0.163 e. The first-order valence-corrected chi connectivity index (χ1v) is 11.0. The molecule has 0 saturated heterocycles. The summed E-state index contributed by atoms with van der Waals surface area (Å²) in [6.07, 6.45) is 9.93. The number of nitriles is 1. The Kier molecular flexibility index (Phi) is 4.11. The van der Waals surface area contributed by atoms with Crippen LogP contribution in [0.1, 0.15) is 69.1 Å². The van der Waals surface area contributed by atoms with E-state index in [2.05, 4.69) is 25.2 Å². The van der Waals surface area contributed by atoms with Crippen molar-refractivity contribution in [3.8, 4) is 11.8 Å². The second kappa shape index (κ2) is 6.36. The molecule has 29 heavy (non-hydrogen) atoms. The van der Waals surface area contributed by atoms with Crippen molar-refractivity contribution >= 4 is 11.5 Å². The van der Waals surface area contributed by atoms with Gasteiger partial charge in [0.1, 0.15) is 11.8 Å². The van der Waals surface area contributed by atoms with Gasteiger partial charge in [0.05, 0.1) is 12.7 Å². The quantitative estimate of drug-likeness (QED) is 0.765. The Hall–Kier alpha value is -2.28. The normalized spacial score (nSPS) is 35.0. The minimum Gasteiger partial charge on any atom is -0.495 e. The molecule has 5 aliphatic rings. The van der Waals surface area contributed by atoms with Gasteiger partial charge in [-0.1, -0.05) is 0 Å². The van der Waals surface area contributed by atoms with Gasteiger partial charge in [0.25, 0.3) is 0 Å². The standard InChI is InChI=1S/C25H30N2O2/c1-24(2)13-18-8-22(29-3)19(14-26)7-20(18)21(27-24)9-23(28)25-10-15-4-16(11-25)6-17(5-15)12-25/h7-9,15-17,27H,4-6,10-13H2,1-3H3. The van der Waals surface area contributed by atoms with Crippen LogP contribution in [0, 0.1) is 34.5 Å². The zero-order chi connectivity index (χ0) is 20.4. The number of nitrogens with zero attached hydrogens (tertiary/aromatic N) is 1. The van der Waals surface area contributed by atoms with Gasteiger partial charge in [0.2, 0.25) is 0 Å². The number of hydrogen-bond donors (Lipinski definition) is 1. The summed E-state index contributed by atoms with van der Waals surface area (Å²) in [7, 11) is 1.60. The lowest BCUT2D eigenvalue weighted by atomic mass is 9.48. The first-order chi connectivity index (χ1) is 13.8. The Balaban J connectivity index is 1.55. The summed E-state index contributed by atoms with van der Waals surface area (Å²) < 4.78 is 5.42. The van der Waals surface area contributed by atoms with Crippen LogP contribution < -0.4 is 10.1 Å². The molecule has 1 N–H and O–H groups in total. The second-order valence-electron chi connectivity index (χ2n) is 10.6. The van der Waals surface area contributed by atoms with Crippen molar-refractivity contribution in [2.24, 2.45) is 23.2 Å². The van der Waals surface area contributed by atoms with Crippen molar-refractivity contribution in [3.05, 3.63) is 34.9 Å². The molecular formula is C25H30N2O2. The van der Waals surface area contributed by atoms with E-state index in [1.165, 1.54) is 19.3 Å². The van der Waals surface area contributed by atoms with E-state index in [1.54, 1.807) is 7.11 Å². The lowest BCUT2D eigenvalue weighted by molar-refractivity contribution is -0.138. The molecule has 4 heteroatoms. The van der Waals surface area contributed by atoms with Crippen LogP contribution in [0.4, 0.5) is 0 Å². The molecule has 1 aromatic rings. The van der Waals surface area contributed by atoms with Crippen molar-refractivity contribution in [2.75, 3.05) is 7.11 Å². The summed E-state index contributed by atoms with van der Waals surface area (Å²) >= 11 is 0. The van der Waals surface area contributed by atoms with Gasteiger partial charge in [-0.2, -0.15) is 5.26 Å². The van der Waals surface area contributed by atoms with Gasteiger partial charge in [-0.15, -0.1) is 0 Å². The van der Waals surface area contributed by atoms with Crippen LogP contribution in [-0.4, -0.2) is 18.4 Å². The maximum absolute atomic E-state index is 13.7. The van der Waals surface area contributed by atoms with Crippen molar-refractivity contribution in [1.29, 1.82) is 5.26 Å². The number of hydrogen-bond acceptors (Lipinski definition) is 4. The van der Waals surface area contributed by atoms with Gasteiger partial charge < -0.3 is 10.1 Å². The summed E-state index contributed by atoms with van der Waals surface area (Å²) in [6.45, 7) is 4.31. The minimum absolute atomic E-state index is 0.143. The van der Waals surface area contributed by atoms with Crippen LogP contribution in [-0.2, 0) is 11.2 Å². The molecule has 4 fully saturated rings. The highest BCUT2D eigenvalue weighted by atomic mass is 16.5. The maximum Gasteiger partial charge on any atom is 0.163 e. The van der Waals surface area contributed by atoms with Gasteiger partial charge in [-0.05, 0) is 94.2 Å². The van der Waals surface area contributed by atoms with Crippen LogP contribution in [0.25, 0.3) is 5.70 Å². The van der Waals surface area contributed by atoms with E-state index < -0.39 is 0 Å². The van der Waals surface area contributed by atoms with Gasteiger partial charge in [0, 0.05) is 28.3 Å². The Morgan fingerprint density at radius 3 is 2.34 bits per heavy atom. The summed E-state index contributed by atoms with van der Waals surface area (Å²) in [5.41, 5.74) is 3.20. The van der Waals surface area contributed by atoms with Gasteiger partial charge in [-0.3, -0.25) is 4.79 Å². The number of rotatable bonds is 3. The molecule has 4 aliphatic carbocycles. The number of benzene rings is 1. The first kappa shape index (κ1) is 18.7. The Bertz CT molecular complexity index is 915. The van der Waals surface area contributed by atoms with Crippen LogP contribution in [0.3, 0.4) is 0 Å². The second-order valence-corrected chi connectivity index (χ2v) is 10.6. The van der Waals surface area contributed by atoms with Crippen LogP contribution in [0.5, 0.6) is 5.75 Å². The maximum atomic E-state index is 13.7. The lowest BCUT2D eigenvalue weighted by Crippen LogP contribution is -2.50. The molecule has 1 aliphatic heterocycles. The van der Waals surface area contributed by atoms with E-state index in [0.29, 0.717) is 17.1 Å². The van der Waals surface area contributed by atoms with E-state index >= 15 is 0 Å². The number of allylic oxidation sites excluding steroid dienone is 1. The fraction of sp³-hybridized carbons (Fsp3) is 0.600. The Morgan fingerprint density at radius 2 is 1.79 bits per heavy atom. The molecule has 0 amide bonds. The number of carbonyl (C=O) groups is 1. The number of methoxy groups -OCH3 is 1. The fourth-order valence-corrected chi connectivity index (χ4v) is 7.04. The predicted octanol–water partition coefficient (Wildman–Crippen LogP) is 4.62. The van der Waals surface area contributed by atoms with E-state index in [9.17, 15) is 10.1 Å². The highest BCUT2D eigenvalue weighted by molar-refractivity contribution is 6.01. The SMILES string of the molecule is COc1cc2c(cc1C#N)C(=CC(=O)C13CC4CC(CC(C4)C1)C3)NC(C)(C)C2.